The third-order valence-electron chi connectivity index (χ3n) is 2.52. The summed E-state index contributed by atoms with van der Waals surface area (Å²) in [5.74, 6) is 1.26. The summed E-state index contributed by atoms with van der Waals surface area (Å²) in [4.78, 5) is 14.2. The number of ether oxygens (including phenoxy) is 1. The number of para-hydroxylation sites is 1. The molecule has 0 bridgehead atoms. The molecule has 0 saturated heterocycles. The minimum atomic E-state index is -0.105. The fourth-order valence-electron chi connectivity index (χ4n) is 1.68. The SMILES string of the molecule is CC(C)COc1ccccc1-c1cccc(=O)[nH]1. The predicted molar refractivity (Wildman–Crippen MR) is 72.8 cm³/mol. The van der Waals surface area contributed by atoms with Crippen LogP contribution >= 0.6 is 0 Å². The molecule has 94 valence electrons. The van der Waals surface area contributed by atoms with Gasteiger partial charge in [-0.05, 0) is 24.1 Å². The maximum absolute atomic E-state index is 11.3. The van der Waals surface area contributed by atoms with Crippen molar-refractivity contribution < 1.29 is 4.74 Å². The van der Waals surface area contributed by atoms with Crippen molar-refractivity contribution >= 4 is 0 Å². The van der Waals surface area contributed by atoms with E-state index < -0.39 is 0 Å². The number of aromatic nitrogens is 1. The summed E-state index contributed by atoms with van der Waals surface area (Å²) in [5, 5.41) is 0. The molecule has 2 aromatic rings. The zero-order chi connectivity index (χ0) is 13.0. The summed E-state index contributed by atoms with van der Waals surface area (Å²) < 4.78 is 5.77. The highest BCUT2D eigenvalue weighted by Gasteiger charge is 2.06. The van der Waals surface area contributed by atoms with Gasteiger partial charge in [0.15, 0.2) is 0 Å². The first-order chi connectivity index (χ1) is 8.66. The number of H-pyrrole nitrogens is 1. The van der Waals surface area contributed by atoms with Gasteiger partial charge in [0.1, 0.15) is 5.75 Å². The van der Waals surface area contributed by atoms with Crippen molar-refractivity contribution in [2.45, 2.75) is 13.8 Å². The third-order valence-corrected chi connectivity index (χ3v) is 2.52. The van der Waals surface area contributed by atoms with Gasteiger partial charge in [-0.15, -0.1) is 0 Å². The number of nitrogens with one attached hydrogen (secondary N) is 1. The van der Waals surface area contributed by atoms with Crippen LogP contribution in [0.1, 0.15) is 13.8 Å². The molecule has 0 spiro atoms. The minimum Gasteiger partial charge on any atom is -0.493 e. The van der Waals surface area contributed by atoms with Gasteiger partial charge >= 0.3 is 0 Å². The Bertz CT molecular complexity index is 572. The highest BCUT2D eigenvalue weighted by atomic mass is 16.5. The first-order valence-electron chi connectivity index (χ1n) is 6.08. The van der Waals surface area contributed by atoms with Crippen molar-refractivity contribution in [3.05, 3.63) is 52.8 Å². The van der Waals surface area contributed by atoms with Gasteiger partial charge in [-0.3, -0.25) is 4.79 Å². The average Bonchev–Trinajstić information content (AvgIpc) is 2.36. The van der Waals surface area contributed by atoms with E-state index in [-0.39, 0.29) is 5.56 Å². The largest absolute Gasteiger partial charge is 0.493 e. The molecule has 3 heteroatoms. The topological polar surface area (TPSA) is 42.1 Å². The Balaban J connectivity index is 2.35. The molecule has 3 nitrogen and oxygen atoms in total. The van der Waals surface area contributed by atoms with E-state index in [1.54, 1.807) is 6.07 Å². The Morgan fingerprint density at radius 2 is 1.89 bits per heavy atom. The van der Waals surface area contributed by atoms with Gasteiger partial charge in [-0.2, -0.15) is 0 Å². The number of hydrogen-bond donors (Lipinski definition) is 1. The van der Waals surface area contributed by atoms with Crippen LogP contribution in [-0.4, -0.2) is 11.6 Å². The molecule has 0 amide bonds. The van der Waals surface area contributed by atoms with E-state index in [0.29, 0.717) is 12.5 Å². The van der Waals surface area contributed by atoms with Crippen molar-refractivity contribution in [2.75, 3.05) is 6.61 Å². The van der Waals surface area contributed by atoms with Crippen LogP contribution in [0.25, 0.3) is 11.3 Å². The molecular formula is C15H17NO2. The third kappa shape index (κ3) is 3.00. The lowest BCUT2D eigenvalue weighted by atomic mass is 10.1. The average molecular weight is 243 g/mol. The summed E-state index contributed by atoms with van der Waals surface area (Å²) >= 11 is 0. The summed E-state index contributed by atoms with van der Waals surface area (Å²) in [7, 11) is 0. The van der Waals surface area contributed by atoms with Crippen molar-refractivity contribution in [1.82, 2.24) is 4.98 Å². The van der Waals surface area contributed by atoms with Crippen molar-refractivity contribution in [3.8, 4) is 17.0 Å². The molecule has 0 radical (unpaired) electrons. The number of hydrogen-bond acceptors (Lipinski definition) is 2. The molecule has 1 aromatic heterocycles. The standard InChI is InChI=1S/C15H17NO2/c1-11(2)10-18-14-8-4-3-6-12(14)13-7-5-9-15(17)16-13/h3-9,11H,10H2,1-2H3,(H,16,17). The Morgan fingerprint density at radius 1 is 1.11 bits per heavy atom. The fraction of sp³-hybridized carbons (Fsp3) is 0.267. The zero-order valence-corrected chi connectivity index (χ0v) is 10.6. The lowest BCUT2D eigenvalue weighted by molar-refractivity contribution is 0.272. The van der Waals surface area contributed by atoms with Crippen LogP contribution in [0, 0.1) is 5.92 Å². The number of aromatic amines is 1. The normalized spacial score (nSPS) is 10.6. The molecule has 0 aliphatic rings. The molecule has 0 atom stereocenters. The molecule has 2 rings (SSSR count). The van der Waals surface area contributed by atoms with Crippen LogP contribution in [0.5, 0.6) is 5.75 Å². The molecule has 1 aromatic carbocycles. The molecule has 0 aliphatic heterocycles. The second-order valence-corrected chi connectivity index (χ2v) is 4.63. The fourth-order valence-corrected chi connectivity index (χ4v) is 1.68. The lowest BCUT2D eigenvalue weighted by Gasteiger charge is -2.12. The highest BCUT2D eigenvalue weighted by molar-refractivity contribution is 5.66. The van der Waals surface area contributed by atoms with E-state index in [1.165, 1.54) is 6.07 Å². The molecule has 0 unspecified atom stereocenters. The van der Waals surface area contributed by atoms with Crippen LogP contribution in [0.2, 0.25) is 0 Å². The maximum atomic E-state index is 11.3. The molecule has 0 saturated carbocycles. The number of pyridine rings is 1. The van der Waals surface area contributed by atoms with Gasteiger partial charge in [0, 0.05) is 11.6 Å². The van der Waals surface area contributed by atoms with E-state index in [0.717, 1.165) is 17.0 Å². The van der Waals surface area contributed by atoms with Gasteiger partial charge in [-0.25, -0.2) is 0 Å². The number of rotatable bonds is 4. The van der Waals surface area contributed by atoms with Crippen LogP contribution in [0.4, 0.5) is 0 Å². The van der Waals surface area contributed by atoms with E-state index in [9.17, 15) is 4.79 Å². The zero-order valence-electron chi connectivity index (χ0n) is 10.6. The van der Waals surface area contributed by atoms with E-state index in [2.05, 4.69) is 18.8 Å². The molecular weight excluding hydrogens is 226 g/mol. The van der Waals surface area contributed by atoms with Gasteiger partial charge in [0.25, 0.3) is 0 Å². The van der Waals surface area contributed by atoms with Crippen molar-refractivity contribution in [3.63, 3.8) is 0 Å². The monoisotopic (exact) mass is 243 g/mol. The molecule has 18 heavy (non-hydrogen) atoms. The van der Waals surface area contributed by atoms with Crippen LogP contribution in [-0.2, 0) is 0 Å². The smallest absolute Gasteiger partial charge is 0.248 e. The van der Waals surface area contributed by atoms with E-state index in [4.69, 9.17) is 4.74 Å². The highest BCUT2D eigenvalue weighted by Crippen LogP contribution is 2.27. The Morgan fingerprint density at radius 3 is 2.61 bits per heavy atom. The van der Waals surface area contributed by atoms with Gasteiger partial charge < -0.3 is 9.72 Å². The number of benzene rings is 1. The first-order valence-corrected chi connectivity index (χ1v) is 6.08. The molecule has 1 heterocycles. The van der Waals surface area contributed by atoms with Crippen LogP contribution < -0.4 is 10.3 Å². The Kier molecular flexibility index (Phi) is 3.82. The molecule has 0 fully saturated rings. The Labute approximate surface area is 106 Å². The maximum Gasteiger partial charge on any atom is 0.248 e. The van der Waals surface area contributed by atoms with Crippen LogP contribution in [0.15, 0.2) is 47.3 Å². The summed E-state index contributed by atoms with van der Waals surface area (Å²) in [6.07, 6.45) is 0. The molecule has 0 aliphatic carbocycles. The van der Waals surface area contributed by atoms with Gasteiger partial charge in [0.05, 0.1) is 12.3 Å². The quantitative estimate of drug-likeness (QED) is 0.896. The van der Waals surface area contributed by atoms with Crippen molar-refractivity contribution in [2.24, 2.45) is 5.92 Å². The second kappa shape index (κ2) is 5.54. The van der Waals surface area contributed by atoms with Gasteiger partial charge in [0.2, 0.25) is 5.56 Å². The Hall–Kier alpha value is -2.03. The minimum absolute atomic E-state index is 0.105. The predicted octanol–water partition coefficient (Wildman–Crippen LogP) is 3.08. The first kappa shape index (κ1) is 12.4. The molecule has 1 N–H and O–H groups in total. The van der Waals surface area contributed by atoms with E-state index >= 15 is 0 Å². The van der Waals surface area contributed by atoms with E-state index in [1.807, 2.05) is 30.3 Å². The van der Waals surface area contributed by atoms with Gasteiger partial charge in [-0.1, -0.05) is 32.0 Å². The second-order valence-electron chi connectivity index (χ2n) is 4.63. The summed E-state index contributed by atoms with van der Waals surface area (Å²) in [5.41, 5.74) is 1.59. The summed E-state index contributed by atoms with van der Waals surface area (Å²) in [6.45, 7) is 4.87. The lowest BCUT2D eigenvalue weighted by Crippen LogP contribution is -2.07. The summed E-state index contributed by atoms with van der Waals surface area (Å²) in [6, 6.07) is 12.8. The van der Waals surface area contributed by atoms with Crippen molar-refractivity contribution in [1.29, 1.82) is 0 Å². The van der Waals surface area contributed by atoms with Crippen LogP contribution in [0.3, 0.4) is 0 Å².